The molecular formula is C9H13BrF2N4. The van der Waals surface area contributed by atoms with E-state index in [2.05, 4.69) is 31.2 Å². The van der Waals surface area contributed by atoms with E-state index in [1.54, 1.807) is 13.2 Å². The number of rotatable bonds is 5. The van der Waals surface area contributed by atoms with Crippen LogP contribution in [-0.2, 0) is 0 Å². The summed E-state index contributed by atoms with van der Waals surface area (Å²) in [4.78, 5) is 9.53. The quantitative estimate of drug-likeness (QED) is 0.905. The van der Waals surface area contributed by atoms with E-state index < -0.39 is 6.43 Å². The van der Waals surface area contributed by atoms with Gasteiger partial charge in [-0.1, -0.05) is 0 Å². The predicted molar refractivity (Wildman–Crippen MR) is 63.2 cm³/mol. The SMILES string of the molecule is CCNc1ncc(Br)c(N(C)CC(F)F)n1. The summed E-state index contributed by atoms with van der Waals surface area (Å²) >= 11 is 3.23. The first-order chi connectivity index (χ1) is 7.54. The lowest BCUT2D eigenvalue weighted by atomic mass is 10.5. The molecule has 16 heavy (non-hydrogen) atoms. The van der Waals surface area contributed by atoms with Crippen LogP contribution in [0.3, 0.4) is 0 Å². The van der Waals surface area contributed by atoms with Crippen molar-refractivity contribution in [3.8, 4) is 0 Å². The summed E-state index contributed by atoms with van der Waals surface area (Å²) < 4.78 is 25.1. The number of halogens is 3. The summed E-state index contributed by atoms with van der Waals surface area (Å²) in [5.41, 5.74) is 0. The fourth-order valence-electron chi connectivity index (χ4n) is 1.16. The first-order valence-corrected chi connectivity index (χ1v) is 5.59. The van der Waals surface area contributed by atoms with Crippen LogP contribution in [0, 0.1) is 0 Å². The molecule has 1 heterocycles. The molecule has 0 saturated carbocycles. The number of alkyl halides is 2. The van der Waals surface area contributed by atoms with Crippen molar-refractivity contribution in [2.75, 3.05) is 30.4 Å². The van der Waals surface area contributed by atoms with Crippen LogP contribution in [0.2, 0.25) is 0 Å². The highest BCUT2D eigenvalue weighted by Gasteiger charge is 2.13. The van der Waals surface area contributed by atoms with Gasteiger partial charge >= 0.3 is 0 Å². The fraction of sp³-hybridized carbons (Fsp3) is 0.556. The Morgan fingerprint density at radius 3 is 2.81 bits per heavy atom. The molecule has 0 aliphatic heterocycles. The number of aromatic nitrogens is 2. The van der Waals surface area contributed by atoms with Gasteiger partial charge in [-0.2, -0.15) is 4.98 Å². The first kappa shape index (κ1) is 13.1. The van der Waals surface area contributed by atoms with Crippen molar-refractivity contribution in [1.29, 1.82) is 0 Å². The lowest BCUT2D eigenvalue weighted by molar-refractivity contribution is 0.156. The zero-order valence-corrected chi connectivity index (χ0v) is 10.6. The minimum absolute atomic E-state index is 0.360. The molecule has 0 saturated heterocycles. The lowest BCUT2D eigenvalue weighted by Gasteiger charge is -2.19. The van der Waals surface area contributed by atoms with Crippen molar-refractivity contribution in [3.63, 3.8) is 0 Å². The number of nitrogens with zero attached hydrogens (tertiary/aromatic N) is 3. The molecule has 0 atom stereocenters. The summed E-state index contributed by atoms with van der Waals surface area (Å²) in [5, 5.41) is 2.93. The van der Waals surface area contributed by atoms with Crippen LogP contribution in [0.15, 0.2) is 10.7 Å². The summed E-state index contributed by atoms with van der Waals surface area (Å²) in [6.07, 6.45) is -0.850. The highest BCUT2D eigenvalue weighted by Crippen LogP contribution is 2.23. The van der Waals surface area contributed by atoms with Crippen molar-refractivity contribution in [2.45, 2.75) is 13.3 Å². The van der Waals surface area contributed by atoms with E-state index in [1.807, 2.05) is 6.92 Å². The Bertz CT molecular complexity index is 348. The molecule has 1 N–H and O–H groups in total. The molecule has 0 radical (unpaired) electrons. The van der Waals surface area contributed by atoms with E-state index in [4.69, 9.17) is 0 Å². The van der Waals surface area contributed by atoms with E-state index in [1.165, 1.54) is 4.90 Å². The standard InChI is InChI=1S/C9H13BrF2N4/c1-3-13-9-14-4-6(10)8(15-9)16(2)5-7(11)12/h4,7H,3,5H2,1-2H3,(H,13,14,15). The third-order valence-corrected chi connectivity index (χ3v) is 2.39. The van der Waals surface area contributed by atoms with Gasteiger partial charge in [-0.05, 0) is 22.9 Å². The molecule has 0 amide bonds. The third kappa shape index (κ3) is 3.55. The molecule has 1 aromatic rings. The molecule has 0 fully saturated rings. The van der Waals surface area contributed by atoms with E-state index in [-0.39, 0.29) is 6.54 Å². The van der Waals surface area contributed by atoms with E-state index in [9.17, 15) is 8.78 Å². The fourth-order valence-corrected chi connectivity index (χ4v) is 1.66. The molecule has 0 aliphatic carbocycles. The van der Waals surface area contributed by atoms with Gasteiger partial charge in [-0.15, -0.1) is 0 Å². The van der Waals surface area contributed by atoms with Gasteiger partial charge in [-0.3, -0.25) is 0 Å². The molecular weight excluding hydrogens is 282 g/mol. The smallest absolute Gasteiger partial charge is 0.255 e. The molecule has 90 valence electrons. The Balaban J connectivity index is 2.88. The van der Waals surface area contributed by atoms with Crippen LogP contribution in [0.5, 0.6) is 0 Å². The summed E-state index contributed by atoms with van der Waals surface area (Å²) in [6.45, 7) is 2.23. The molecule has 1 aromatic heterocycles. The molecule has 0 aromatic carbocycles. The number of hydrogen-bond donors (Lipinski definition) is 1. The minimum atomic E-state index is -2.39. The lowest BCUT2D eigenvalue weighted by Crippen LogP contribution is -2.25. The van der Waals surface area contributed by atoms with Gasteiger partial charge in [0.15, 0.2) is 0 Å². The number of anilines is 2. The highest BCUT2D eigenvalue weighted by molar-refractivity contribution is 9.10. The molecule has 0 spiro atoms. The van der Waals surface area contributed by atoms with Gasteiger partial charge in [0, 0.05) is 19.8 Å². The molecule has 4 nitrogen and oxygen atoms in total. The van der Waals surface area contributed by atoms with Gasteiger partial charge in [0.1, 0.15) is 5.82 Å². The van der Waals surface area contributed by atoms with Crippen molar-refractivity contribution in [1.82, 2.24) is 9.97 Å². The van der Waals surface area contributed by atoms with Crippen LogP contribution in [-0.4, -0.2) is 36.5 Å². The van der Waals surface area contributed by atoms with Gasteiger partial charge in [0.05, 0.1) is 11.0 Å². The van der Waals surface area contributed by atoms with Crippen LogP contribution in [0.4, 0.5) is 20.5 Å². The Morgan fingerprint density at radius 1 is 1.56 bits per heavy atom. The third-order valence-electron chi connectivity index (χ3n) is 1.83. The maximum absolute atomic E-state index is 12.2. The van der Waals surface area contributed by atoms with E-state index >= 15 is 0 Å². The zero-order valence-electron chi connectivity index (χ0n) is 9.04. The van der Waals surface area contributed by atoms with Crippen LogP contribution < -0.4 is 10.2 Å². The zero-order chi connectivity index (χ0) is 12.1. The van der Waals surface area contributed by atoms with Crippen molar-refractivity contribution >= 4 is 27.7 Å². The minimum Gasteiger partial charge on any atom is -0.354 e. The largest absolute Gasteiger partial charge is 0.354 e. The summed E-state index contributed by atoms with van der Waals surface area (Å²) in [5.74, 6) is 0.882. The predicted octanol–water partition coefficient (Wildman–Crippen LogP) is 2.37. The van der Waals surface area contributed by atoms with Gasteiger partial charge in [0.25, 0.3) is 6.43 Å². The number of nitrogens with one attached hydrogen (secondary N) is 1. The molecule has 0 unspecified atom stereocenters. The monoisotopic (exact) mass is 294 g/mol. The molecule has 0 aliphatic rings. The van der Waals surface area contributed by atoms with E-state index in [0.717, 1.165) is 0 Å². The maximum Gasteiger partial charge on any atom is 0.255 e. The Morgan fingerprint density at radius 2 is 2.25 bits per heavy atom. The Hall–Kier alpha value is -0.980. The van der Waals surface area contributed by atoms with Crippen molar-refractivity contribution in [3.05, 3.63) is 10.7 Å². The second-order valence-electron chi connectivity index (χ2n) is 3.17. The summed E-state index contributed by atoms with van der Waals surface area (Å²) in [6, 6.07) is 0. The Labute approximate surface area is 101 Å². The van der Waals surface area contributed by atoms with Gasteiger partial charge in [-0.25, -0.2) is 13.8 Å². The molecule has 7 heteroatoms. The molecule has 0 bridgehead atoms. The van der Waals surface area contributed by atoms with Gasteiger partial charge in [0.2, 0.25) is 5.95 Å². The Kier molecular flexibility index (Phi) is 4.85. The van der Waals surface area contributed by atoms with Crippen LogP contribution >= 0.6 is 15.9 Å². The van der Waals surface area contributed by atoms with E-state index in [0.29, 0.717) is 22.8 Å². The average Bonchev–Trinajstić information content (AvgIpc) is 2.20. The normalized spacial score (nSPS) is 10.6. The van der Waals surface area contributed by atoms with Gasteiger partial charge < -0.3 is 10.2 Å². The van der Waals surface area contributed by atoms with Crippen molar-refractivity contribution in [2.24, 2.45) is 0 Å². The number of hydrogen-bond acceptors (Lipinski definition) is 4. The molecule has 1 rings (SSSR count). The maximum atomic E-state index is 12.2. The van der Waals surface area contributed by atoms with Crippen LogP contribution in [0.25, 0.3) is 0 Å². The first-order valence-electron chi connectivity index (χ1n) is 4.80. The van der Waals surface area contributed by atoms with Crippen molar-refractivity contribution < 1.29 is 8.78 Å². The summed E-state index contributed by atoms with van der Waals surface area (Å²) in [7, 11) is 1.56. The highest BCUT2D eigenvalue weighted by atomic mass is 79.9. The average molecular weight is 295 g/mol. The second kappa shape index (κ2) is 5.93. The van der Waals surface area contributed by atoms with Crippen LogP contribution in [0.1, 0.15) is 6.92 Å². The topological polar surface area (TPSA) is 41.1 Å². The second-order valence-corrected chi connectivity index (χ2v) is 4.02.